The molecule has 188 valence electrons. The van der Waals surface area contributed by atoms with Gasteiger partial charge in [-0.2, -0.15) is 11.2 Å². The van der Waals surface area contributed by atoms with Gasteiger partial charge in [0.15, 0.2) is 5.88 Å². The van der Waals surface area contributed by atoms with Gasteiger partial charge >= 0.3 is 21.1 Å². The molecule has 0 spiro atoms. The van der Waals surface area contributed by atoms with Crippen molar-refractivity contribution >= 4 is 49.1 Å². The first-order chi connectivity index (χ1) is 18.7. The Morgan fingerprint density at radius 1 is 0.744 bits per heavy atom. The van der Waals surface area contributed by atoms with Gasteiger partial charge in [0.25, 0.3) is 0 Å². The minimum absolute atomic E-state index is 0. The molecule has 0 aliphatic heterocycles. The number of pyridine rings is 3. The average Bonchev–Trinajstić information content (AvgIpc) is 3.51. The van der Waals surface area contributed by atoms with Gasteiger partial charge < -0.3 is 9.30 Å². The third-order valence-corrected chi connectivity index (χ3v) is 6.81. The number of aryl methyl sites for hydroxylation is 1. The maximum Gasteiger partial charge on any atom is 2.00 e. The summed E-state index contributed by atoms with van der Waals surface area (Å²) in [5.74, 6) is 2.39. The molecule has 3 aromatic carbocycles. The SMILES string of the molecule is Cc1nc2c3[c-]c(Oc4[c-]c5c(cc4)c4ccccc4n5-c4ccccn4)ncc3c3ccccc3n2n1.[Pt+2]. The summed E-state index contributed by atoms with van der Waals surface area (Å²) in [5.41, 5.74) is 3.63. The number of hydrogen-bond acceptors (Lipinski definition) is 5. The maximum atomic E-state index is 6.24. The van der Waals surface area contributed by atoms with E-state index in [0.29, 0.717) is 17.5 Å². The molecule has 39 heavy (non-hydrogen) atoms. The molecule has 0 N–H and O–H groups in total. The van der Waals surface area contributed by atoms with Crippen LogP contribution in [0.1, 0.15) is 5.82 Å². The Morgan fingerprint density at radius 3 is 2.33 bits per heavy atom. The molecule has 5 aromatic heterocycles. The zero-order chi connectivity index (χ0) is 25.2. The van der Waals surface area contributed by atoms with Crippen LogP contribution in [0.5, 0.6) is 11.6 Å². The standard InChI is InChI=1S/C31H18N6O.Pt/c1-19-34-31-24-17-30(33-18-25(24)22-9-3-5-11-27(22)37(31)35-19)38-20-13-14-23-21-8-2-4-10-26(21)36(28(23)16-20)29-12-6-7-15-32-29;/h2-15,18H,1H3;/q-2;+2. The molecule has 0 bridgehead atoms. The summed E-state index contributed by atoms with van der Waals surface area (Å²) < 4.78 is 10.2. The van der Waals surface area contributed by atoms with Crippen molar-refractivity contribution in [1.29, 1.82) is 0 Å². The number of benzene rings is 3. The fourth-order valence-electron chi connectivity index (χ4n) is 5.22. The molecule has 0 aliphatic rings. The molecule has 0 radical (unpaired) electrons. The average molecular weight is 686 g/mol. The van der Waals surface area contributed by atoms with E-state index in [-0.39, 0.29) is 21.1 Å². The summed E-state index contributed by atoms with van der Waals surface area (Å²) in [4.78, 5) is 13.9. The number of ether oxygens (including phenoxy) is 1. The molecule has 0 saturated carbocycles. The molecule has 0 saturated heterocycles. The zero-order valence-electron chi connectivity index (χ0n) is 20.6. The van der Waals surface area contributed by atoms with E-state index in [9.17, 15) is 0 Å². The molecule has 8 aromatic rings. The van der Waals surface area contributed by atoms with Gasteiger partial charge in [0.1, 0.15) is 11.6 Å². The van der Waals surface area contributed by atoms with Gasteiger partial charge in [-0.1, -0.05) is 53.4 Å². The van der Waals surface area contributed by atoms with Crippen molar-refractivity contribution in [2.45, 2.75) is 6.92 Å². The van der Waals surface area contributed by atoms with Crippen molar-refractivity contribution in [1.82, 2.24) is 29.1 Å². The Balaban J connectivity index is 0.00000253. The molecule has 0 amide bonds. The van der Waals surface area contributed by atoms with Crippen LogP contribution in [0.2, 0.25) is 0 Å². The fraction of sp³-hybridized carbons (Fsp3) is 0.0323. The van der Waals surface area contributed by atoms with Crippen LogP contribution >= 0.6 is 0 Å². The van der Waals surface area contributed by atoms with Crippen LogP contribution in [0, 0.1) is 19.1 Å². The molecular formula is C31H18N6OPt. The molecule has 7 nitrogen and oxygen atoms in total. The van der Waals surface area contributed by atoms with Gasteiger partial charge in [0, 0.05) is 23.0 Å². The number of rotatable bonds is 3. The smallest absolute Gasteiger partial charge is 0.477 e. The van der Waals surface area contributed by atoms with Crippen molar-refractivity contribution in [2.75, 3.05) is 0 Å². The van der Waals surface area contributed by atoms with Crippen LogP contribution in [-0.4, -0.2) is 29.1 Å². The summed E-state index contributed by atoms with van der Waals surface area (Å²) in [6, 6.07) is 33.0. The summed E-state index contributed by atoms with van der Waals surface area (Å²) in [5, 5.41) is 9.59. The number of aromatic nitrogens is 6. The molecule has 0 unspecified atom stereocenters. The van der Waals surface area contributed by atoms with E-state index in [1.807, 2.05) is 72.2 Å². The Bertz CT molecular complexity index is 2190. The van der Waals surface area contributed by atoms with E-state index in [0.717, 1.165) is 54.9 Å². The molecule has 0 aliphatic carbocycles. The van der Waals surface area contributed by atoms with Gasteiger partial charge in [-0.15, -0.1) is 29.0 Å². The van der Waals surface area contributed by atoms with Gasteiger partial charge in [-0.25, -0.2) is 9.97 Å². The van der Waals surface area contributed by atoms with E-state index >= 15 is 0 Å². The van der Waals surface area contributed by atoms with Crippen LogP contribution in [0.3, 0.4) is 0 Å². The van der Waals surface area contributed by atoms with Crippen molar-refractivity contribution in [3.8, 4) is 17.4 Å². The van der Waals surface area contributed by atoms with E-state index in [1.54, 1.807) is 6.20 Å². The Kier molecular flexibility index (Phi) is 5.42. The van der Waals surface area contributed by atoms with Crippen molar-refractivity contribution in [3.63, 3.8) is 0 Å². The van der Waals surface area contributed by atoms with E-state index in [4.69, 9.17) is 4.74 Å². The maximum absolute atomic E-state index is 6.24. The third kappa shape index (κ3) is 3.62. The van der Waals surface area contributed by atoms with Gasteiger partial charge in [-0.05, 0) is 48.2 Å². The molecule has 5 heterocycles. The molecule has 0 fully saturated rings. The largest absolute Gasteiger partial charge is 2.00 e. The number of hydrogen-bond donors (Lipinski definition) is 0. The number of fused-ring (bicyclic) bond motifs is 9. The zero-order valence-corrected chi connectivity index (χ0v) is 22.8. The van der Waals surface area contributed by atoms with E-state index in [1.165, 1.54) is 0 Å². The van der Waals surface area contributed by atoms with Gasteiger partial charge in [0.2, 0.25) is 0 Å². The molecule has 0 atom stereocenters. The predicted octanol–water partition coefficient (Wildman–Crippen LogP) is 6.62. The van der Waals surface area contributed by atoms with Crippen molar-refractivity contribution < 1.29 is 25.8 Å². The number of nitrogens with zero attached hydrogens (tertiary/aromatic N) is 6. The topological polar surface area (TPSA) is 70.1 Å². The second-order valence-corrected chi connectivity index (χ2v) is 9.12. The van der Waals surface area contributed by atoms with Crippen LogP contribution in [0.25, 0.3) is 54.9 Å². The predicted molar refractivity (Wildman–Crippen MR) is 147 cm³/mol. The summed E-state index contributed by atoms with van der Waals surface area (Å²) in [6.07, 6.45) is 3.61. The summed E-state index contributed by atoms with van der Waals surface area (Å²) >= 11 is 0. The summed E-state index contributed by atoms with van der Waals surface area (Å²) in [7, 11) is 0. The first kappa shape index (κ1) is 23.5. The third-order valence-electron chi connectivity index (χ3n) is 6.81. The Morgan fingerprint density at radius 2 is 1.51 bits per heavy atom. The molecule has 8 rings (SSSR count). The van der Waals surface area contributed by atoms with Crippen molar-refractivity contribution in [3.05, 3.63) is 109 Å². The molecule has 8 heteroatoms. The minimum atomic E-state index is 0. The second kappa shape index (κ2) is 9.00. The van der Waals surface area contributed by atoms with E-state index in [2.05, 4.69) is 61.0 Å². The van der Waals surface area contributed by atoms with E-state index < -0.39 is 0 Å². The van der Waals surface area contributed by atoms with Crippen molar-refractivity contribution in [2.24, 2.45) is 0 Å². The van der Waals surface area contributed by atoms with Gasteiger partial charge in [0.05, 0.1) is 5.65 Å². The van der Waals surface area contributed by atoms with Crippen LogP contribution in [-0.2, 0) is 21.1 Å². The minimum Gasteiger partial charge on any atom is -0.477 e. The van der Waals surface area contributed by atoms with Crippen LogP contribution in [0.15, 0.2) is 91.3 Å². The quantitative estimate of drug-likeness (QED) is 0.155. The Hall–Kier alpha value is -4.61. The normalized spacial score (nSPS) is 11.5. The van der Waals surface area contributed by atoms with Crippen LogP contribution < -0.4 is 4.74 Å². The molecular weight excluding hydrogens is 667 g/mol. The first-order valence-corrected chi connectivity index (χ1v) is 12.3. The number of para-hydroxylation sites is 2. The van der Waals surface area contributed by atoms with Gasteiger partial charge in [-0.3, -0.25) is 9.50 Å². The monoisotopic (exact) mass is 685 g/mol. The summed E-state index contributed by atoms with van der Waals surface area (Å²) in [6.45, 7) is 1.89. The Labute approximate surface area is 237 Å². The second-order valence-electron chi connectivity index (χ2n) is 9.12. The van der Waals surface area contributed by atoms with Crippen LogP contribution in [0.4, 0.5) is 0 Å². The first-order valence-electron chi connectivity index (χ1n) is 12.3. The fourth-order valence-corrected chi connectivity index (χ4v) is 5.22.